The molecule has 2 aromatic rings. The lowest BCUT2D eigenvalue weighted by atomic mass is 10.1. The van der Waals surface area contributed by atoms with E-state index in [4.69, 9.17) is 4.74 Å². The standard InChI is InChI=1S/C21H24F2N6O3.2H2/c1-3-15-21(31)27-18-16(32-15)10-25-13(17(18)22)11-28-6-8-29(9-7-28)14-5-4-12(20(30)24-2)26-19(14)23;;/h4-5,10,15H,3,6-9,11H2,1-2H3,(H,24,30)(H,27,31);2*1H/t15-;;/m1../s1. The first-order chi connectivity index (χ1) is 15.4. The van der Waals surface area contributed by atoms with Gasteiger partial charge in [-0.25, -0.2) is 9.37 Å². The molecule has 0 saturated carbocycles. The van der Waals surface area contributed by atoms with Crippen molar-refractivity contribution in [3.63, 3.8) is 0 Å². The van der Waals surface area contributed by atoms with Crippen molar-refractivity contribution in [3.05, 3.63) is 41.5 Å². The summed E-state index contributed by atoms with van der Waals surface area (Å²) in [5.41, 5.74) is 0.565. The number of ether oxygens (including phenoxy) is 1. The van der Waals surface area contributed by atoms with Crippen molar-refractivity contribution < 1.29 is 26.0 Å². The number of anilines is 2. The normalized spacial score (nSPS) is 18.6. The Bertz CT molecular complexity index is 1050. The predicted octanol–water partition coefficient (Wildman–Crippen LogP) is 2.04. The van der Waals surface area contributed by atoms with Crippen LogP contribution in [-0.2, 0) is 11.3 Å². The molecule has 0 aromatic carbocycles. The van der Waals surface area contributed by atoms with Crippen LogP contribution in [0.1, 0.15) is 32.4 Å². The van der Waals surface area contributed by atoms with Crippen LogP contribution in [0.2, 0.25) is 0 Å². The van der Waals surface area contributed by atoms with E-state index in [0.717, 1.165) is 0 Å². The van der Waals surface area contributed by atoms with Gasteiger partial charge in [-0.1, -0.05) is 6.92 Å². The molecular weight excluding hydrogens is 422 g/mol. The average molecular weight is 450 g/mol. The molecule has 9 nitrogen and oxygen atoms in total. The number of halogens is 2. The molecule has 32 heavy (non-hydrogen) atoms. The molecule has 0 radical (unpaired) electrons. The van der Waals surface area contributed by atoms with Crippen molar-refractivity contribution in [2.45, 2.75) is 26.0 Å². The average Bonchev–Trinajstić information content (AvgIpc) is 2.81. The number of fused-ring (bicyclic) bond motifs is 1. The molecule has 1 fully saturated rings. The van der Waals surface area contributed by atoms with Crippen molar-refractivity contribution in [1.82, 2.24) is 20.2 Å². The lowest BCUT2D eigenvalue weighted by Gasteiger charge is -2.36. The number of pyridine rings is 2. The van der Waals surface area contributed by atoms with Gasteiger partial charge in [0.1, 0.15) is 11.4 Å². The van der Waals surface area contributed by atoms with Crippen LogP contribution < -0.4 is 20.3 Å². The van der Waals surface area contributed by atoms with Crippen LogP contribution in [0.3, 0.4) is 0 Å². The SMILES string of the molecule is CC[C@H]1Oc2cnc(CN3CCN(c4ccc(C(=O)NC)nc4F)CC3)c(F)c2NC1=O.[HH].[HH]. The zero-order chi connectivity index (χ0) is 22.8. The fourth-order valence-corrected chi connectivity index (χ4v) is 3.78. The monoisotopic (exact) mass is 450 g/mol. The Morgan fingerprint density at radius 2 is 2.06 bits per heavy atom. The molecule has 4 heterocycles. The van der Waals surface area contributed by atoms with Crippen molar-refractivity contribution in [2.24, 2.45) is 0 Å². The first kappa shape index (κ1) is 21.9. The maximum atomic E-state index is 15.0. The van der Waals surface area contributed by atoms with Gasteiger partial charge in [0.2, 0.25) is 5.95 Å². The van der Waals surface area contributed by atoms with Gasteiger partial charge in [0, 0.05) is 42.6 Å². The summed E-state index contributed by atoms with van der Waals surface area (Å²) in [7, 11) is 1.46. The molecule has 0 spiro atoms. The molecule has 11 heteroatoms. The topological polar surface area (TPSA) is 99.7 Å². The molecule has 0 aliphatic carbocycles. The Morgan fingerprint density at radius 1 is 1.31 bits per heavy atom. The third-order valence-corrected chi connectivity index (χ3v) is 5.61. The summed E-state index contributed by atoms with van der Waals surface area (Å²) < 4.78 is 34.9. The Labute approximate surface area is 186 Å². The maximum absolute atomic E-state index is 15.0. The number of hydrogen-bond acceptors (Lipinski definition) is 7. The van der Waals surface area contributed by atoms with Gasteiger partial charge in [-0.05, 0) is 18.6 Å². The number of aromatic nitrogens is 2. The highest BCUT2D eigenvalue weighted by Gasteiger charge is 2.30. The van der Waals surface area contributed by atoms with Crippen molar-refractivity contribution >= 4 is 23.2 Å². The van der Waals surface area contributed by atoms with Crippen LogP contribution in [0.25, 0.3) is 0 Å². The van der Waals surface area contributed by atoms with E-state index >= 15 is 0 Å². The highest BCUT2D eigenvalue weighted by molar-refractivity contribution is 5.97. The minimum Gasteiger partial charge on any atom is -0.477 e. The summed E-state index contributed by atoms with van der Waals surface area (Å²) in [5.74, 6) is -1.91. The van der Waals surface area contributed by atoms with Crippen LogP contribution >= 0.6 is 0 Å². The Balaban J connectivity index is 0.00000204. The molecule has 1 atom stereocenters. The Hall–Kier alpha value is -3.34. The summed E-state index contributed by atoms with van der Waals surface area (Å²) in [6, 6.07) is 3.02. The molecule has 4 rings (SSSR count). The van der Waals surface area contributed by atoms with E-state index in [9.17, 15) is 18.4 Å². The minimum absolute atomic E-state index is 0. The van der Waals surface area contributed by atoms with Gasteiger partial charge in [-0.3, -0.25) is 19.5 Å². The van der Waals surface area contributed by atoms with Gasteiger partial charge in [0.05, 0.1) is 17.6 Å². The molecule has 2 amide bonds. The van der Waals surface area contributed by atoms with Gasteiger partial charge in [0.25, 0.3) is 11.8 Å². The number of amides is 2. The maximum Gasteiger partial charge on any atom is 0.269 e. The smallest absolute Gasteiger partial charge is 0.269 e. The van der Waals surface area contributed by atoms with E-state index in [1.165, 1.54) is 19.3 Å². The predicted molar refractivity (Wildman–Crippen MR) is 117 cm³/mol. The van der Waals surface area contributed by atoms with E-state index in [2.05, 4.69) is 20.6 Å². The van der Waals surface area contributed by atoms with Crippen LogP contribution in [0, 0.1) is 11.8 Å². The second kappa shape index (κ2) is 9.03. The van der Waals surface area contributed by atoms with E-state index in [1.807, 2.05) is 16.7 Å². The first-order valence-electron chi connectivity index (χ1n) is 10.4. The quantitative estimate of drug-likeness (QED) is 0.673. The fraction of sp³-hybridized carbons (Fsp3) is 0.429. The van der Waals surface area contributed by atoms with Crippen LogP contribution in [0.5, 0.6) is 5.75 Å². The van der Waals surface area contributed by atoms with E-state index in [0.29, 0.717) is 38.3 Å². The van der Waals surface area contributed by atoms with Crippen LogP contribution in [0.15, 0.2) is 18.3 Å². The van der Waals surface area contributed by atoms with Gasteiger partial charge in [-0.15, -0.1) is 0 Å². The number of carbonyl (C=O) groups is 2. The third-order valence-electron chi connectivity index (χ3n) is 5.61. The Morgan fingerprint density at radius 3 is 2.72 bits per heavy atom. The highest BCUT2D eigenvalue weighted by Crippen LogP contribution is 2.33. The van der Waals surface area contributed by atoms with Gasteiger partial charge >= 0.3 is 0 Å². The molecule has 2 aromatic heterocycles. The zero-order valence-corrected chi connectivity index (χ0v) is 17.8. The number of carbonyl (C=O) groups excluding carboxylic acids is 2. The van der Waals surface area contributed by atoms with Crippen LogP contribution in [-0.4, -0.2) is 66.0 Å². The lowest BCUT2D eigenvalue weighted by Crippen LogP contribution is -2.46. The second-order valence-corrected chi connectivity index (χ2v) is 7.61. The van der Waals surface area contributed by atoms with Crippen molar-refractivity contribution in [3.8, 4) is 5.75 Å². The fourth-order valence-electron chi connectivity index (χ4n) is 3.78. The number of piperazine rings is 1. The molecule has 0 bridgehead atoms. The molecule has 1 saturated heterocycles. The number of hydrogen-bond donors (Lipinski definition) is 2. The number of nitrogens with one attached hydrogen (secondary N) is 2. The lowest BCUT2D eigenvalue weighted by molar-refractivity contribution is -0.123. The molecule has 174 valence electrons. The molecule has 0 unspecified atom stereocenters. The van der Waals surface area contributed by atoms with E-state index < -0.39 is 23.8 Å². The molecule has 2 aliphatic heterocycles. The number of nitrogens with zero attached hydrogens (tertiary/aromatic N) is 4. The second-order valence-electron chi connectivity index (χ2n) is 7.61. The summed E-state index contributed by atoms with van der Waals surface area (Å²) >= 11 is 0. The van der Waals surface area contributed by atoms with Gasteiger partial charge in [-0.2, -0.15) is 4.39 Å². The largest absolute Gasteiger partial charge is 0.477 e. The van der Waals surface area contributed by atoms with Crippen molar-refractivity contribution in [2.75, 3.05) is 43.4 Å². The summed E-state index contributed by atoms with van der Waals surface area (Å²) in [6.07, 6.45) is 1.26. The summed E-state index contributed by atoms with van der Waals surface area (Å²) in [4.78, 5) is 35.4. The highest BCUT2D eigenvalue weighted by atomic mass is 19.1. The number of rotatable bonds is 5. The van der Waals surface area contributed by atoms with E-state index in [1.54, 1.807) is 6.07 Å². The summed E-state index contributed by atoms with van der Waals surface area (Å²) in [6.45, 7) is 4.16. The summed E-state index contributed by atoms with van der Waals surface area (Å²) in [5, 5.41) is 4.99. The van der Waals surface area contributed by atoms with Gasteiger partial charge < -0.3 is 20.3 Å². The molecule has 2 aliphatic rings. The third kappa shape index (κ3) is 4.20. The van der Waals surface area contributed by atoms with Gasteiger partial charge in [0.15, 0.2) is 17.7 Å². The zero-order valence-electron chi connectivity index (χ0n) is 17.8. The molecular formula is C21H28F2N6O3. The van der Waals surface area contributed by atoms with E-state index in [-0.39, 0.29) is 38.1 Å². The first-order valence-corrected chi connectivity index (χ1v) is 10.4. The van der Waals surface area contributed by atoms with Crippen molar-refractivity contribution in [1.29, 1.82) is 0 Å². The minimum atomic E-state index is -0.705. The van der Waals surface area contributed by atoms with Crippen LogP contribution in [0.4, 0.5) is 20.2 Å². The Kier molecular flexibility index (Phi) is 6.17. The molecule has 2 N–H and O–H groups in total.